The molecule has 6 nitrogen and oxygen atoms in total. The molecule has 0 spiro atoms. The molecule has 0 bridgehead atoms. The lowest BCUT2D eigenvalue weighted by Crippen LogP contribution is -2.19. The topological polar surface area (TPSA) is 96.2 Å². The lowest BCUT2D eigenvalue weighted by atomic mass is 10.0. The van der Waals surface area contributed by atoms with E-state index in [1.165, 1.54) is 83.5 Å². The SMILES string of the molecule is CCCCCCCCCCCCCCCCCC(=O)O.CCOOCC(O)CO. The number of aliphatic carboxylic acids is 1. The lowest BCUT2D eigenvalue weighted by Gasteiger charge is -2.04. The van der Waals surface area contributed by atoms with Crippen LogP contribution in [0.25, 0.3) is 0 Å². The number of aliphatic hydroxyl groups is 2. The van der Waals surface area contributed by atoms with Crippen molar-refractivity contribution in [3.8, 4) is 0 Å². The van der Waals surface area contributed by atoms with Crippen LogP contribution in [-0.4, -0.2) is 47.2 Å². The highest BCUT2D eigenvalue weighted by molar-refractivity contribution is 5.66. The Labute approximate surface area is 178 Å². The molecule has 0 aromatic heterocycles. The minimum Gasteiger partial charge on any atom is -0.481 e. The molecule has 0 radical (unpaired) electrons. The van der Waals surface area contributed by atoms with Crippen molar-refractivity contribution in [3.05, 3.63) is 0 Å². The van der Waals surface area contributed by atoms with Gasteiger partial charge in [-0.1, -0.05) is 96.8 Å². The lowest BCUT2D eigenvalue weighted by molar-refractivity contribution is -0.303. The second kappa shape index (κ2) is 27.3. The molecule has 1 unspecified atom stereocenters. The summed E-state index contributed by atoms with van der Waals surface area (Å²) in [7, 11) is 0. The second-order valence-electron chi connectivity index (χ2n) is 7.62. The number of carboxylic acids is 1. The molecule has 0 heterocycles. The van der Waals surface area contributed by atoms with Crippen molar-refractivity contribution in [2.24, 2.45) is 0 Å². The number of hydrogen-bond acceptors (Lipinski definition) is 5. The third-order valence-corrected chi connectivity index (χ3v) is 4.67. The van der Waals surface area contributed by atoms with Crippen LogP contribution < -0.4 is 0 Å². The first-order valence-electron chi connectivity index (χ1n) is 11.8. The van der Waals surface area contributed by atoms with E-state index in [-0.39, 0.29) is 13.2 Å². The van der Waals surface area contributed by atoms with E-state index in [1.807, 2.05) is 0 Å². The van der Waals surface area contributed by atoms with Crippen LogP contribution in [0, 0.1) is 0 Å². The van der Waals surface area contributed by atoms with Gasteiger partial charge in [-0.15, -0.1) is 0 Å². The highest BCUT2D eigenvalue weighted by Crippen LogP contribution is 2.13. The predicted molar refractivity (Wildman–Crippen MR) is 118 cm³/mol. The van der Waals surface area contributed by atoms with Gasteiger partial charge < -0.3 is 15.3 Å². The summed E-state index contributed by atoms with van der Waals surface area (Å²) in [6.45, 7) is 4.20. The fourth-order valence-electron chi connectivity index (χ4n) is 2.91. The molecule has 0 saturated heterocycles. The van der Waals surface area contributed by atoms with Crippen LogP contribution in [-0.2, 0) is 14.6 Å². The molecule has 0 saturated carbocycles. The Bertz CT molecular complexity index is 312. The third-order valence-electron chi connectivity index (χ3n) is 4.67. The number of carbonyl (C=O) groups is 1. The summed E-state index contributed by atoms with van der Waals surface area (Å²) in [4.78, 5) is 19.2. The van der Waals surface area contributed by atoms with Crippen molar-refractivity contribution < 1.29 is 29.9 Å². The zero-order valence-corrected chi connectivity index (χ0v) is 19.1. The molecule has 176 valence electrons. The van der Waals surface area contributed by atoms with Crippen molar-refractivity contribution in [3.63, 3.8) is 0 Å². The molecule has 0 fully saturated rings. The van der Waals surface area contributed by atoms with Crippen LogP contribution in [0.5, 0.6) is 0 Å². The quantitative estimate of drug-likeness (QED) is 0.126. The van der Waals surface area contributed by atoms with Crippen LogP contribution in [0.4, 0.5) is 0 Å². The number of unbranched alkanes of at least 4 members (excludes halogenated alkanes) is 14. The summed E-state index contributed by atoms with van der Waals surface area (Å²) in [5.41, 5.74) is 0. The third kappa shape index (κ3) is 32.2. The van der Waals surface area contributed by atoms with Crippen LogP contribution in [0.1, 0.15) is 117 Å². The van der Waals surface area contributed by atoms with E-state index < -0.39 is 12.1 Å². The summed E-state index contributed by atoms with van der Waals surface area (Å²) in [5, 5.41) is 25.4. The maximum Gasteiger partial charge on any atom is 0.303 e. The first-order chi connectivity index (χ1) is 14.1. The Hall–Kier alpha value is -0.690. The van der Waals surface area contributed by atoms with Crippen molar-refractivity contribution in [2.75, 3.05) is 19.8 Å². The normalized spacial score (nSPS) is 11.7. The van der Waals surface area contributed by atoms with Gasteiger partial charge in [0.2, 0.25) is 0 Å². The molecule has 1 atom stereocenters. The molecule has 6 heteroatoms. The predicted octanol–water partition coefficient (Wildman–Crippen LogP) is 5.64. The number of hydrogen-bond donors (Lipinski definition) is 3. The van der Waals surface area contributed by atoms with Gasteiger partial charge in [-0.2, -0.15) is 0 Å². The van der Waals surface area contributed by atoms with Gasteiger partial charge in [0, 0.05) is 6.42 Å². The first kappa shape index (κ1) is 30.5. The monoisotopic (exact) mass is 420 g/mol. The van der Waals surface area contributed by atoms with E-state index in [4.69, 9.17) is 15.3 Å². The van der Waals surface area contributed by atoms with Crippen LogP contribution in [0.3, 0.4) is 0 Å². The van der Waals surface area contributed by atoms with Gasteiger partial charge >= 0.3 is 5.97 Å². The number of rotatable bonds is 21. The van der Waals surface area contributed by atoms with E-state index >= 15 is 0 Å². The number of aliphatic hydroxyl groups excluding tert-OH is 2. The molecule has 0 aromatic rings. The smallest absolute Gasteiger partial charge is 0.303 e. The number of carboxylic acid groups (broad SMARTS) is 1. The molecule has 0 aliphatic rings. The van der Waals surface area contributed by atoms with Gasteiger partial charge in [0.1, 0.15) is 12.7 Å². The minimum absolute atomic E-state index is 0.0182. The minimum atomic E-state index is -0.837. The Balaban J connectivity index is 0. The molecule has 0 aromatic carbocycles. The highest BCUT2D eigenvalue weighted by atomic mass is 17.2. The van der Waals surface area contributed by atoms with Crippen molar-refractivity contribution >= 4 is 5.97 Å². The van der Waals surface area contributed by atoms with Crippen LogP contribution in [0.15, 0.2) is 0 Å². The van der Waals surface area contributed by atoms with Gasteiger partial charge in [0.25, 0.3) is 0 Å². The molecule has 29 heavy (non-hydrogen) atoms. The Kier molecular flexibility index (Phi) is 28.7. The fraction of sp³-hybridized carbons (Fsp3) is 0.957. The van der Waals surface area contributed by atoms with Gasteiger partial charge in [0.05, 0.1) is 13.2 Å². The highest BCUT2D eigenvalue weighted by Gasteiger charge is 2.00. The molecule has 3 N–H and O–H groups in total. The van der Waals surface area contributed by atoms with Crippen molar-refractivity contribution in [1.29, 1.82) is 0 Å². The average Bonchev–Trinajstić information content (AvgIpc) is 2.71. The molecule has 0 aliphatic heterocycles. The maximum absolute atomic E-state index is 10.3. The Morgan fingerprint density at radius 3 is 1.48 bits per heavy atom. The summed E-state index contributed by atoms with van der Waals surface area (Å²) in [6.07, 6.45) is 19.4. The van der Waals surface area contributed by atoms with E-state index in [2.05, 4.69) is 16.7 Å². The molecular formula is C23H48O6. The first-order valence-corrected chi connectivity index (χ1v) is 11.8. The van der Waals surface area contributed by atoms with E-state index in [9.17, 15) is 4.79 Å². The molecule has 0 rings (SSSR count). The summed E-state index contributed by atoms with van der Waals surface area (Å²) >= 11 is 0. The Morgan fingerprint density at radius 1 is 0.724 bits per heavy atom. The standard InChI is InChI=1S/C18H36O2.C5H12O4/c1-2-3-4-5-6-7-8-9-10-11-12-13-14-15-16-17-18(19)20;1-2-8-9-4-5(7)3-6/h2-17H2,1H3,(H,19,20);5-7H,2-4H2,1H3. The fourth-order valence-corrected chi connectivity index (χ4v) is 2.91. The largest absolute Gasteiger partial charge is 0.481 e. The van der Waals surface area contributed by atoms with Crippen molar-refractivity contribution in [1.82, 2.24) is 0 Å². The van der Waals surface area contributed by atoms with Gasteiger partial charge in [-0.3, -0.25) is 4.79 Å². The molecule has 0 aliphatic carbocycles. The van der Waals surface area contributed by atoms with E-state index in [0.29, 0.717) is 13.0 Å². The van der Waals surface area contributed by atoms with E-state index in [1.54, 1.807) is 6.92 Å². The molecule has 0 amide bonds. The summed E-state index contributed by atoms with van der Waals surface area (Å²) < 4.78 is 0. The van der Waals surface area contributed by atoms with Crippen LogP contribution >= 0.6 is 0 Å². The summed E-state index contributed by atoms with van der Waals surface area (Å²) in [6, 6.07) is 0. The Morgan fingerprint density at radius 2 is 1.14 bits per heavy atom. The van der Waals surface area contributed by atoms with Crippen LogP contribution in [0.2, 0.25) is 0 Å². The second-order valence-corrected chi connectivity index (χ2v) is 7.62. The maximum atomic E-state index is 10.3. The van der Waals surface area contributed by atoms with Gasteiger partial charge in [-0.25, -0.2) is 9.78 Å². The average molecular weight is 421 g/mol. The van der Waals surface area contributed by atoms with Crippen molar-refractivity contribution in [2.45, 2.75) is 123 Å². The van der Waals surface area contributed by atoms with Gasteiger partial charge in [-0.05, 0) is 13.3 Å². The van der Waals surface area contributed by atoms with E-state index in [0.717, 1.165) is 12.8 Å². The zero-order valence-electron chi connectivity index (χ0n) is 19.1. The zero-order chi connectivity index (χ0) is 22.0. The summed E-state index contributed by atoms with van der Waals surface area (Å²) in [5.74, 6) is -0.653. The van der Waals surface area contributed by atoms with Gasteiger partial charge in [0.15, 0.2) is 0 Å². The molecular weight excluding hydrogens is 372 g/mol.